The third-order valence-corrected chi connectivity index (χ3v) is 3.66. The Labute approximate surface area is 112 Å². The number of anilines is 1. The highest BCUT2D eigenvalue weighted by molar-refractivity contribution is 7.09. The molecule has 3 N–H and O–H groups in total. The first-order valence-electron chi connectivity index (χ1n) is 6.12. The van der Waals surface area contributed by atoms with Crippen molar-refractivity contribution in [2.24, 2.45) is 0 Å². The molecule has 0 atom stereocenters. The van der Waals surface area contributed by atoms with Crippen LogP contribution in [0.5, 0.6) is 0 Å². The zero-order valence-corrected chi connectivity index (χ0v) is 11.7. The van der Waals surface area contributed by atoms with E-state index in [1.165, 1.54) is 16.8 Å². The number of nitrogens with zero attached hydrogens (tertiary/aromatic N) is 1. The van der Waals surface area contributed by atoms with Gasteiger partial charge in [-0.05, 0) is 25.5 Å². The first kappa shape index (κ1) is 13.1. The Morgan fingerprint density at radius 2 is 2.17 bits per heavy atom. The zero-order valence-electron chi connectivity index (χ0n) is 10.9. The molecule has 1 heterocycles. The van der Waals surface area contributed by atoms with Crippen LogP contribution in [0.25, 0.3) is 0 Å². The molecule has 0 saturated heterocycles. The minimum atomic E-state index is 0.816. The van der Waals surface area contributed by atoms with Gasteiger partial charge in [0.25, 0.3) is 0 Å². The van der Waals surface area contributed by atoms with Gasteiger partial charge in [0.05, 0.1) is 10.7 Å². The molecule has 4 heteroatoms. The van der Waals surface area contributed by atoms with Crippen molar-refractivity contribution in [3.8, 4) is 0 Å². The number of rotatable bonds is 5. The van der Waals surface area contributed by atoms with E-state index >= 15 is 0 Å². The van der Waals surface area contributed by atoms with Crippen LogP contribution in [0.4, 0.5) is 5.69 Å². The third-order valence-electron chi connectivity index (χ3n) is 2.84. The minimum Gasteiger partial charge on any atom is -0.398 e. The highest BCUT2D eigenvalue weighted by atomic mass is 32.1. The van der Waals surface area contributed by atoms with Crippen molar-refractivity contribution in [3.63, 3.8) is 0 Å². The van der Waals surface area contributed by atoms with Gasteiger partial charge in [-0.3, -0.25) is 0 Å². The van der Waals surface area contributed by atoms with Crippen molar-refractivity contribution >= 4 is 17.0 Å². The van der Waals surface area contributed by atoms with Crippen LogP contribution >= 0.6 is 11.3 Å². The van der Waals surface area contributed by atoms with Gasteiger partial charge >= 0.3 is 0 Å². The van der Waals surface area contributed by atoms with Crippen molar-refractivity contribution in [3.05, 3.63) is 45.4 Å². The van der Waals surface area contributed by atoms with Gasteiger partial charge in [-0.15, -0.1) is 11.3 Å². The van der Waals surface area contributed by atoms with Crippen molar-refractivity contribution in [2.45, 2.75) is 26.8 Å². The Balaban J connectivity index is 1.80. The minimum absolute atomic E-state index is 0.816. The second kappa shape index (κ2) is 5.98. The number of nitrogens with one attached hydrogen (secondary N) is 1. The SMILES string of the molecule is Cc1ccc(N)c(CNCCc2csc(C)n2)c1. The molecule has 0 fully saturated rings. The predicted octanol–water partition coefficient (Wildman–Crippen LogP) is 2.67. The fraction of sp³-hybridized carbons (Fsp3) is 0.357. The summed E-state index contributed by atoms with van der Waals surface area (Å²) in [5, 5.41) is 6.67. The maximum atomic E-state index is 5.94. The Hall–Kier alpha value is -1.39. The van der Waals surface area contributed by atoms with Gasteiger partial charge in [0.15, 0.2) is 0 Å². The molecular formula is C14H19N3S. The molecule has 2 rings (SSSR count). The van der Waals surface area contributed by atoms with Crippen molar-refractivity contribution < 1.29 is 0 Å². The molecule has 0 bridgehead atoms. The molecule has 0 unspecified atom stereocenters. The zero-order chi connectivity index (χ0) is 13.0. The second-order valence-electron chi connectivity index (χ2n) is 4.49. The average Bonchev–Trinajstić information content (AvgIpc) is 2.75. The van der Waals surface area contributed by atoms with Gasteiger partial charge in [-0.2, -0.15) is 0 Å². The number of nitrogen functional groups attached to an aromatic ring is 1. The monoisotopic (exact) mass is 261 g/mol. The van der Waals surface area contributed by atoms with E-state index in [-0.39, 0.29) is 0 Å². The molecule has 1 aromatic carbocycles. The molecule has 3 nitrogen and oxygen atoms in total. The van der Waals surface area contributed by atoms with Gasteiger partial charge in [-0.1, -0.05) is 17.7 Å². The number of hydrogen-bond acceptors (Lipinski definition) is 4. The third kappa shape index (κ3) is 3.55. The van der Waals surface area contributed by atoms with Crippen LogP contribution in [-0.4, -0.2) is 11.5 Å². The topological polar surface area (TPSA) is 50.9 Å². The first-order chi connectivity index (χ1) is 8.65. The molecule has 0 radical (unpaired) electrons. The summed E-state index contributed by atoms with van der Waals surface area (Å²) in [6.07, 6.45) is 0.968. The lowest BCUT2D eigenvalue weighted by Gasteiger charge is -2.08. The molecule has 96 valence electrons. The van der Waals surface area contributed by atoms with Crippen LogP contribution in [0.15, 0.2) is 23.6 Å². The van der Waals surface area contributed by atoms with E-state index in [4.69, 9.17) is 5.73 Å². The van der Waals surface area contributed by atoms with Gasteiger partial charge in [0.2, 0.25) is 0 Å². The van der Waals surface area contributed by atoms with E-state index < -0.39 is 0 Å². The predicted molar refractivity (Wildman–Crippen MR) is 77.9 cm³/mol. The van der Waals surface area contributed by atoms with Crippen LogP contribution in [0.2, 0.25) is 0 Å². The number of thiazole rings is 1. The molecular weight excluding hydrogens is 242 g/mol. The van der Waals surface area contributed by atoms with E-state index in [1.807, 2.05) is 19.1 Å². The molecule has 0 spiro atoms. The Kier molecular flexibility index (Phi) is 4.33. The van der Waals surface area contributed by atoms with Gasteiger partial charge in [0, 0.05) is 30.6 Å². The lowest BCUT2D eigenvalue weighted by Crippen LogP contribution is -2.17. The van der Waals surface area contributed by atoms with E-state index in [0.29, 0.717) is 0 Å². The normalized spacial score (nSPS) is 10.8. The van der Waals surface area contributed by atoms with Crippen molar-refractivity contribution in [2.75, 3.05) is 12.3 Å². The van der Waals surface area contributed by atoms with E-state index in [2.05, 4.69) is 28.7 Å². The lowest BCUT2D eigenvalue weighted by molar-refractivity contribution is 0.682. The molecule has 0 saturated carbocycles. The summed E-state index contributed by atoms with van der Waals surface area (Å²) in [6, 6.07) is 6.14. The number of hydrogen-bond donors (Lipinski definition) is 2. The summed E-state index contributed by atoms with van der Waals surface area (Å²) in [6.45, 7) is 5.86. The summed E-state index contributed by atoms with van der Waals surface area (Å²) in [5.41, 5.74) is 10.4. The fourth-order valence-electron chi connectivity index (χ4n) is 1.85. The number of aromatic nitrogens is 1. The smallest absolute Gasteiger partial charge is 0.0897 e. The highest BCUT2D eigenvalue weighted by Gasteiger charge is 2.00. The van der Waals surface area contributed by atoms with Gasteiger partial charge in [0.1, 0.15) is 0 Å². The molecule has 0 amide bonds. The van der Waals surface area contributed by atoms with Gasteiger partial charge in [-0.25, -0.2) is 4.98 Å². The molecule has 1 aromatic heterocycles. The highest BCUT2D eigenvalue weighted by Crippen LogP contribution is 2.13. The number of aryl methyl sites for hydroxylation is 2. The fourth-order valence-corrected chi connectivity index (χ4v) is 2.50. The lowest BCUT2D eigenvalue weighted by atomic mass is 10.1. The van der Waals surface area contributed by atoms with Crippen LogP contribution in [0, 0.1) is 13.8 Å². The standard InChI is InChI=1S/C14H19N3S/c1-10-3-4-14(15)12(7-10)8-16-6-5-13-9-18-11(2)17-13/h3-4,7,9,16H,5-6,8,15H2,1-2H3. The Bertz CT molecular complexity index is 520. The van der Waals surface area contributed by atoms with Gasteiger partial charge < -0.3 is 11.1 Å². The molecule has 18 heavy (non-hydrogen) atoms. The molecule has 0 aliphatic carbocycles. The number of benzene rings is 1. The first-order valence-corrected chi connectivity index (χ1v) is 7.00. The molecule has 2 aromatic rings. The average molecular weight is 261 g/mol. The maximum absolute atomic E-state index is 5.94. The Morgan fingerprint density at radius 3 is 2.89 bits per heavy atom. The van der Waals surface area contributed by atoms with Crippen LogP contribution in [-0.2, 0) is 13.0 Å². The number of nitrogens with two attached hydrogens (primary N) is 1. The van der Waals surface area contributed by atoms with E-state index in [1.54, 1.807) is 11.3 Å². The van der Waals surface area contributed by atoms with E-state index in [0.717, 1.165) is 30.2 Å². The summed E-state index contributed by atoms with van der Waals surface area (Å²) in [5.74, 6) is 0. The quantitative estimate of drug-likeness (QED) is 0.642. The summed E-state index contributed by atoms with van der Waals surface area (Å²) in [4.78, 5) is 4.44. The summed E-state index contributed by atoms with van der Waals surface area (Å²) >= 11 is 1.70. The molecule has 0 aliphatic heterocycles. The maximum Gasteiger partial charge on any atom is 0.0897 e. The summed E-state index contributed by atoms with van der Waals surface area (Å²) in [7, 11) is 0. The summed E-state index contributed by atoms with van der Waals surface area (Å²) < 4.78 is 0. The molecule has 0 aliphatic rings. The van der Waals surface area contributed by atoms with Crippen molar-refractivity contribution in [1.82, 2.24) is 10.3 Å². The van der Waals surface area contributed by atoms with Crippen molar-refractivity contribution in [1.29, 1.82) is 0 Å². The van der Waals surface area contributed by atoms with Crippen LogP contribution in [0.3, 0.4) is 0 Å². The Morgan fingerprint density at radius 1 is 1.33 bits per heavy atom. The van der Waals surface area contributed by atoms with Crippen LogP contribution in [0.1, 0.15) is 21.8 Å². The second-order valence-corrected chi connectivity index (χ2v) is 5.55. The van der Waals surface area contributed by atoms with E-state index in [9.17, 15) is 0 Å². The van der Waals surface area contributed by atoms with Crippen LogP contribution < -0.4 is 11.1 Å². The largest absolute Gasteiger partial charge is 0.398 e.